The van der Waals surface area contributed by atoms with Gasteiger partial charge in [-0.2, -0.15) is 0 Å². The van der Waals surface area contributed by atoms with E-state index in [1.54, 1.807) is 0 Å². The Morgan fingerprint density at radius 3 is 1.27 bits per heavy atom. The second-order valence-electron chi connectivity index (χ2n) is 5.61. The molecule has 0 aromatic rings. The van der Waals surface area contributed by atoms with Crippen molar-refractivity contribution in [2.45, 2.75) is 90.4 Å². The third-order valence-electron chi connectivity index (χ3n) is 3.36. The van der Waals surface area contributed by atoms with Crippen LogP contribution in [0.4, 0.5) is 0 Å². The molecule has 0 saturated carbocycles. The number of hydrogen-bond donors (Lipinski definition) is 3. The van der Waals surface area contributed by atoms with Gasteiger partial charge in [0.15, 0.2) is 0 Å². The van der Waals surface area contributed by atoms with Crippen molar-refractivity contribution >= 4 is 11.9 Å². The Morgan fingerprint density at radius 1 is 0.682 bits per heavy atom. The minimum atomic E-state index is -1.08. The lowest BCUT2D eigenvalue weighted by molar-refractivity contribution is -0.143. The Labute approximate surface area is 135 Å². The third-order valence-corrected chi connectivity index (χ3v) is 3.36. The van der Waals surface area contributed by atoms with E-state index in [1.807, 2.05) is 0 Å². The van der Waals surface area contributed by atoms with E-state index in [0.29, 0.717) is 0 Å². The Hall–Kier alpha value is -1.10. The first-order valence-corrected chi connectivity index (χ1v) is 8.68. The molecule has 0 unspecified atom stereocenters. The molecule has 0 fully saturated rings. The summed E-state index contributed by atoms with van der Waals surface area (Å²) in [7, 11) is 0. The van der Waals surface area contributed by atoms with Gasteiger partial charge in [-0.05, 0) is 13.0 Å². The standard InChI is InChI=1S/C13H29N.C4H6O4/c1-2-3-4-5-6-7-8-9-10-11-12-13-14;5-3(6)1-2-4(7)8/h2-14H2,1H3;1-2H2,(H,5,6)(H,7,8). The van der Waals surface area contributed by atoms with E-state index in [0.717, 1.165) is 6.54 Å². The first kappa shape index (κ1) is 23.2. The monoisotopic (exact) mass is 317 g/mol. The van der Waals surface area contributed by atoms with E-state index in [1.165, 1.54) is 70.6 Å². The number of carboxylic acid groups (broad SMARTS) is 2. The van der Waals surface area contributed by atoms with Gasteiger partial charge in [-0.3, -0.25) is 9.59 Å². The minimum absolute atomic E-state index is 0.296. The van der Waals surface area contributed by atoms with Gasteiger partial charge in [0.2, 0.25) is 0 Å². The average molecular weight is 317 g/mol. The molecule has 0 amide bonds. The summed E-state index contributed by atoms with van der Waals surface area (Å²) >= 11 is 0. The van der Waals surface area contributed by atoms with Crippen molar-refractivity contribution in [3.05, 3.63) is 0 Å². The van der Waals surface area contributed by atoms with E-state index < -0.39 is 11.9 Å². The fourth-order valence-electron chi connectivity index (χ4n) is 2.02. The maximum atomic E-state index is 9.64. The molecule has 0 radical (unpaired) electrons. The van der Waals surface area contributed by atoms with Crippen molar-refractivity contribution in [3.63, 3.8) is 0 Å². The van der Waals surface area contributed by atoms with Gasteiger partial charge in [0.25, 0.3) is 0 Å². The summed E-state index contributed by atoms with van der Waals surface area (Å²) in [5.74, 6) is -2.15. The van der Waals surface area contributed by atoms with E-state index in [4.69, 9.17) is 15.9 Å². The van der Waals surface area contributed by atoms with Crippen molar-refractivity contribution in [2.75, 3.05) is 6.54 Å². The zero-order valence-electron chi connectivity index (χ0n) is 14.2. The van der Waals surface area contributed by atoms with E-state index in [2.05, 4.69) is 6.92 Å². The van der Waals surface area contributed by atoms with E-state index >= 15 is 0 Å². The molecular weight excluding hydrogens is 282 g/mol. The Kier molecular flexibility index (Phi) is 21.0. The maximum Gasteiger partial charge on any atom is 0.303 e. The second-order valence-corrected chi connectivity index (χ2v) is 5.61. The van der Waals surface area contributed by atoms with E-state index in [-0.39, 0.29) is 12.8 Å². The molecule has 0 aliphatic rings. The molecule has 22 heavy (non-hydrogen) atoms. The number of nitrogens with two attached hydrogens (primary N) is 1. The number of carboxylic acids is 2. The quantitative estimate of drug-likeness (QED) is 0.417. The highest BCUT2D eigenvalue weighted by Gasteiger charge is 2.00. The number of unbranched alkanes of at least 4 members (excludes halogenated alkanes) is 10. The van der Waals surface area contributed by atoms with Crippen LogP contribution in [0, 0.1) is 0 Å². The van der Waals surface area contributed by atoms with Gasteiger partial charge < -0.3 is 15.9 Å². The van der Waals surface area contributed by atoms with Gasteiger partial charge in [-0.1, -0.05) is 71.1 Å². The normalized spacial score (nSPS) is 9.91. The predicted octanol–water partition coefficient (Wildman–Crippen LogP) is 4.19. The molecule has 0 saturated heterocycles. The number of hydrogen-bond acceptors (Lipinski definition) is 3. The van der Waals surface area contributed by atoms with E-state index in [9.17, 15) is 9.59 Å². The van der Waals surface area contributed by atoms with Gasteiger partial charge in [0.05, 0.1) is 12.8 Å². The van der Waals surface area contributed by atoms with Crippen molar-refractivity contribution in [2.24, 2.45) is 5.73 Å². The molecule has 5 nitrogen and oxygen atoms in total. The van der Waals surface area contributed by atoms with Crippen LogP contribution in [-0.2, 0) is 9.59 Å². The molecule has 0 rings (SSSR count). The molecule has 5 heteroatoms. The molecule has 132 valence electrons. The van der Waals surface area contributed by atoms with Gasteiger partial charge >= 0.3 is 11.9 Å². The highest BCUT2D eigenvalue weighted by Crippen LogP contribution is 2.10. The van der Waals surface area contributed by atoms with Crippen molar-refractivity contribution < 1.29 is 19.8 Å². The Morgan fingerprint density at radius 2 is 1.00 bits per heavy atom. The largest absolute Gasteiger partial charge is 0.481 e. The third kappa shape index (κ3) is 27.3. The Balaban J connectivity index is 0. The van der Waals surface area contributed by atoms with Crippen LogP contribution in [0.2, 0.25) is 0 Å². The van der Waals surface area contributed by atoms with Gasteiger partial charge in [-0.25, -0.2) is 0 Å². The van der Waals surface area contributed by atoms with Crippen LogP contribution in [0.15, 0.2) is 0 Å². The molecule has 0 aromatic carbocycles. The fourth-order valence-corrected chi connectivity index (χ4v) is 2.02. The molecule has 0 bridgehead atoms. The summed E-state index contributed by atoms with van der Waals surface area (Å²) in [5, 5.41) is 15.8. The fraction of sp³-hybridized carbons (Fsp3) is 0.882. The SMILES string of the molecule is CCCCCCCCCCCCCN.O=C(O)CCC(=O)O. The summed E-state index contributed by atoms with van der Waals surface area (Å²) in [4.78, 5) is 19.3. The molecular formula is C17H35NO4. The minimum Gasteiger partial charge on any atom is -0.481 e. The lowest BCUT2D eigenvalue weighted by Gasteiger charge is -2.01. The van der Waals surface area contributed by atoms with Crippen LogP contribution >= 0.6 is 0 Å². The van der Waals surface area contributed by atoms with Crippen molar-refractivity contribution in [1.82, 2.24) is 0 Å². The van der Waals surface area contributed by atoms with Gasteiger partial charge in [-0.15, -0.1) is 0 Å². The van der Waals surface area contributed by atoms with Crippen LogP contribution in [-0.4, -0.2) is 28.7 Å². The van der Waals surface area contributed by atoms with Crippen LogP contribution in [0.5, 0.6) is 0 Å². The Bertz CT molecular complexity index is 231. The zero-order chi connectivity index (χ0) is 17.1. The molecule has 0 aromatic heterocycles. The second kappa shape index (κ2) is 19.9. The molecule has 0 heterocycles. The highest BCUT2D eigenvalue weighted by atomic mass is 16.4. The number of aliphatic carboxylic acids is 2. The molecule has 4 N–H and O–H groups in total. The lowest BCUT2D eigenvalue weighted by Crippen LogP contribution is -2.00. The summed E-state index contributed by atoms with van der Waals surface area (Å²) < 4.78 is 0. The lowest BCUT2D eigenvalue weighted by atomic mass is 10.1. The van der Waals surface area contributed by atoms with Crippen LogP contribution in [0.3, 0.4) is 0 Å². The van der Waals surface area contributed by atoms with Crippen LogP contribution in [0.1, 0.15) is 90.4 Å². The molecule has 0 aliphatic heterocycles. The predicted molar refractivity (Wildman–Crippen MR) is 90.0 cm³/mol. The first-order chi connectivity index (χ1) is 10.5. The van der Waals surface area contributed by atoms with Crippen LogP contribution in [0.25, 0.3) is 0 Å². The molecule has 0 atom stereocenters. The molecule has 0 aliphatic carbocycles. The smallest absolute Gasteiger partial charge is 0.303 e. The number of carbonyl (C=O) groups is 2. The summed E-state index contributed by atoms with van der Waals surface area (Å²) in [6.07, 6.45) is 14.8. The van der Waals surface area contributed by atoms with Crippen LogP contribution < -0.4 is 5.73 Å². The maximum absolute atomic E-state index is 9.64. The van der Waals surface area contributed by atoms with Crippen molar-refractivity contribution in [3.8, 4) is 0 Å². The summed E-state index contributed by atoms with van der Waals surface area (Å²) in [6.45, 7) is 3.15. The van der Waals surface area contributed by atoms with Crippen molar-refractivity contribution in [1.29, 1.82) is 0 Å². The number of rotatable bonds is 14. The highest BCUT2D eigenvalue weighted by molar-refractivity contribution is 5.75. The first-order valence-electron chi connectivity index (χ1n) is 8.68. The zero-order valence-corrected chi connectivity index (χ0v) is 14.2. The topological polar surface area (TPSA) is 101 Å². The van der Waals surface area contributed by atoms with Gasteiger partial charge in [0.1, 0.15) is 0 Å². The molecule has 0 spiro atoms. The van der Waals surface area contributed by atoms with Gasteiger partial charge in [0, 0.05) is 0 Å². The summed E-state index contributed by atoms with van der Waals surface area (Å²) in [5.41, 5.74) is 5.44. The average Bonchev–Trinajstić information content (AvgIpc) is 2.48. The summed E-state index contributed by atoms with van der Waals surface area (Å²) in [6, 6.07) is 0.